The Kier molecular flexibility index (Phi) is 7.61. The van der Waals surface area contributed by atoms with E-state index in [2.05, 4.69) is 62.7 Å². The SMILES string of the molecule is C#CC(CC(C)C)N(C)C1=CC=C(CN(C)CCC)CC1. The van der Waals surface area contributed by atoms with E-state index < -0.39 is 0 Å². The van der Waals surface area contributed by atoms with Crippen LogP contribution in [0.2, 0.25) is 0 Å². The third-order valence-corrected chi connectivity index (χ3v) is 4.10. The van der Waals surface area contributed by atoms with Gasteiger partial charge in [0.05, 0.1) is 6.04 Å². The Labute approximate surface area is 131 Å². The Hall–Kier alpha value is -1.20. The molecule has 0 heterocycles. The number of likely N-dealkylation sites (N-methyl/N-ethyl adjacent to an activating group) is 1. The Morgan fingerprint density at radius 2 is 1.95 bits per heavy atom. The molecule has 0 bridgehead atoms. The molecule has 1 unspecified atom stereocenters. The first-order valence-corrected chi connectivity index (χ1v) is 8.24. The van der Waals surface area contributed by atoms with Crippen molar-refractivity contribution in [3.8, 4) is 12.3 Å². The molecule has 0 spiro atoms. The summed E-state index contributed by atoms with van der Waals surface area (Å²) in [4.78, 5) is 4.69. The van der Waals surface area contributed by atoms with Crippen LogP contribution in [0.3, 0.4) is 0 Å². The van der Waals surface area contributed by atoms with Crippen LogP contribution in [0.25, 0.3) is 0 Å². The minimum Gasteiger partial charge on any atom is -0.364 e. The zero-order chi connectivity index (χ0) is 15.8. The molecule has 0 N–H and O–H groups in total. The van der Waals surface area contributed by atoms with Crippen LogP contribution in [-0.4, -0.2) is 43.0 Å². The van der Waals surface area contributed by atoms with E-state index >= 15 is 0 Å². The van der Waals surface area contributed by atoms with E-state index in [0.29, 0.717) is 5.92 Å². The van der Waals surface area contributed by atoms with Gasteiger partial charge in [-0.3, -0.25) is 0 Å². The lowest BCUT2D eigenvalue weighted by Gasteiger charge is -2.31. The highest BCUT2D eigenvalue weighted by atomic mass is 15.1. The van der Waals surface area contributed by atoms with Gasteiger partial charge in [0.15, 0.2) is 0 Å². The van der Waals surface area contributed by atoms with E-state index in [-0.39, 0.29) is 6.04 Å². The molecule has 0 aromatic heterocycles. The molecule has 0 aliphatic heterocycles. The van der Waals surface area contributed by atoms with Gasteiger partial charge >= 0.3 is 0 Å². The third kappa shape index (κ3) is 5.98. The van der Waals surface area contributed by atoms with Gasteiger partial charge < -0.3 is 9.80 Å². The van der Waals surface area contributed by atoms with Gasteiger partial charge in [0.1, 0.15) is 0 Å². The summed E-state index contributed by atoms with van der Waals surface area (Å²) in [7, 11) is 4.34. The molecule has 0 aromatic carbocycles. The number of hydrogen-bond acceptors (Lipinski definition) is 2. The van der Waals surface area contributed by atoms with E-state index in [9.17, 15) is 0 Å². The fourth-order valence-corrected chi connectivity index (χ4v) is 2.89. The summed E-state index contributed by atoms with van der Waals surface area (Å²) < 4.78 is 0. The second-order valence-electron chi connectivity index (χ2n) is 6.64. The lowest BCUT2D eigenvalue weighted by molar-refractivity contribution is 0.305. The minimum absolute atomic E-state index is 0.217. The molecule has 0 aromatic rings. The average molecular weight is 288 g/mol. The number of hydrogen-bond donors (Lipinski definition) is 0. The summed E-state index contributed by atoms with van der Waals surface area (Å²) in [6.45, 7) is 8.95. The van der Waals surface area contributed by atoms with Gasteiger partial charge in [-0.1, -0.05) is 38.3 Å². The molecular weight excluding hydrogens is 256 g/mol. The van der Waals surface area contributed by atoms with Crippen LogP contribution in [0.15, 0.2) is 23.4 Å². The number of nitrogens with zero attached hydrogens (tertiary/aromatic N) is 2. The van der Waals surface area contributed by atoms with Crippen LogP contribution in [-0.2, 0) is 0 Å². The van der Waals surface area contributed by atoms with Crippen LogP contribution in [0.5, 0.6) is 0 Å². The van der Waals surface area contributed by atoms with Crippen molar-refractivity contribution in [2.75, 3.05) is 27.2 Å². The number of allylic oxidation sites excluding steroid dienone is 3. The highest BCUT2D eigenvalue weighted by molar-refractivity contribution is 5.25. The first kappa shape index (κ1) is 17.9. The fourth-order valence-electron chi connectivity index (χ4n) is 2.89. The molecule has 0 fully saturated rings. The summed E-state index contributed by atoms with van der Waals surface area (Å²) >= 11 is 0. The van der Waals surface area contributed by atoms with Gasteiger partial charge in [-0.2, -0.15) is 0 Å². The maximum atomic E-state index is 5.71. The number of terminal acetylenes is 1. The fraction of sp³-hybridized carbons (Fsp3) is 0.684. The highest BCUT2D eigenvalue weighted by Crippen LogP contribution is 2.24. The standard InChI is InChI=1S/C19H32N2/c1-7-13-20(5)15-17-9-11-19(12-10-17)21(6)18(8-2)14-16(3)4/h2,9,11,16,18H,7,10,12-15H2,1,3-6H3. The normalized spacial score (nSPS) is 16.5. The number of rotatable bonds is 8. The van der Waals surface area contributed by atoms with E-state index in [4.69, 9.17) is 6.42 Å². The van der Waals surface area contributed by atoms with Crippen LogP contribution >= 0.6 is 0 Å². The van der Waals surface area contributed by atoms with Crippen molar-refractivity contribution < 1.29 is 0 Å². The van der Waals surface area contributed by atoms with Crippen LogP contribution < -0.4 is 0 Å². The Morgan fingerprint density at radius 3 is 2.43 bits per heavy atom. The molecule has 21 heavy (non-hydrogen) atoms. The van der Waals surface area contributed by atoms with Gasteiger partial charge in [-0.15, -0.1) is 6.42 Å². The van der Waals surface area contributed by atoms with E-state index in [1.165, 1.54) is 24.2 Å². The van der Waals surface area contributed by atoms with Gasteiger partial charge in [0, 0.05) is 19.3 Å². The zero-order valence-electron chi connectivity index (χ0n) is 14.5. The predicted octanol–water partition coefficient (Wildman–Crippen LogP) is 3.91. The second kappa shape index (κ2) is 8.95. The quantitative estimate of drug-likeness (QED) is 0.625. The largest absolute Gasteiger partial charge is 0.364 e. The van der Waals surface area contributed by atoms with Crippen molar-refractivity contribution in [2.24, 2.45) is 5.92 Å². The van der Waals surface area contributed by atoms with Gasteiger partial charge in [0.25, 0.3) is 0 Å². The summed E-state index contributed by atoms with van der Waals surface area (Å²) in [5.41, 5.74) is 2.91. The summed E-state index contributed by atoms with van der Waals surface area (Å²) in [5.74, 6) is 3.58. The molecule has 0 radical (unpaired) electrons. The topological polar surface area (TPSA) is 6.48 Å². The van der Waals surface area contributed by atoms with Crippen molar-refractivity contribution >= 4 is 0 Å². The van der Waals surface area contributed by atoms with Crippen LogP contribution in [0.4, 0.5) is 0 Å². The smallest absolute Gasteiger partial charge is 0.0897 e. The van der Waals surface area contributed by atoms with Crippen molar-refractivity contribution in [3.63, 3.8) is 0 Å². The zero-order valence-corrected chi connectivity index (χ0v) is 14.5. The highest BCUT2D eigenvalue weighted by Gasteiger charge is 2.18. The minimum atomic E-state index is 0.217. The average Bonchev–Trinajstić information content (AvgIpc) is 2.45. The molecule has 2 nitrogen and oxygen atoms in total. The van der Waals surface area contributed by atoms with Crippen LogP contribution in [0, 0.1) is 18.3 Å². The second-order valence-corrected chi connectivity index (χ2v) is 6.64. The monoisotopic (exact) mass is 288 g/mol. The van der Waals surface area contributed by atoms with Crippen molar-refractivity contribution in [1.29, 1.82) is 0 Å². The van der Waals surface area contributed by atoms with Crippen LogP contribution in [0.1, 0.15) is 46.5 Å². The first-order chi connectivity index (χ1) is 9.97. The van der Waals surface area contributed by atoms with E-state index in [0.717, 1.165) is 25.8 Å². The van der Waals surface area contributed by atoms with Crippen molar-refractivity contribution in [1.82, 2.24) is 9.80 Å². The molecule has 118 valence electrons. The molecule has 1 rings (SSSR count). The molecular formula is C19H32N2. The summed E-state index contributed by atoms with van der Waals surface area (Å²) in [6, 6.07) is 0.217. The van der Waals surface area contributed by atoms with Crippen molar-refractivity contribution in [3.05, 3.63) is 23.4 Å². The molecule has 0 amide bonds. The Bertz CT molecular complexity index is 412. The molecule has 2 heteroatoms. The van der Waals surface area contributed by atoms with E-state index in [1.54, 1.807) is 0 Å². The van der Waals surface area contributed by atoms with Gasteiger partial charge in [-0.25, -0.2) is 0 Å². The lowest BCUT2D eigenvalue weighted by Crippen LogP contribution is -2.32. The Morgan fingerprint density at radius 1 is 1.24 bits per heavy atom. The molecule has 0 saturated heterocycles. The maximum Gasteiger partial charge on any atom is 0.0897 e. The molecule has 1 aliphatic rings. The van der Waals surface area contributed by atoms with Gasteiger partial charge in [0.2, 0.25) is 0 Å². The lowest BCUT2D eigenvalue weighted by atomic mass is 9.98. The third-order valence-electron chi connectivity index (χ3n) is 4.10. The first-order valence-electron chi connectivity index (χ1n) is 8.24. The van der Waals surface area contributed by atoms with E-state index in [1.807, 2.05) is 0 Å². The molecule has 0 saturated carbocycles. The summed E-state index contributed by atoms with van der Waals surface area (Å²) in [6.07, 6.45) is 14.8. The summed E-state index contributed by atoms with van der Waals surface area (Å²) in [5, 5.41) is 0. The molecule has 1 aliphatic carbocycles. The Balaban J connectivity index is 2.63. The maximum absolute atomic E-state index is 5.71. The predicted molar refractivity (Wildman–Crippen MR) is 93.0 cm³/mol. The molecule has 1 atom stereocenters. The van der Waals surface area contributed by atoms with Gasteiger partial charge in [-0.05, 0) is 51.3 Å². The van der Waals surface area contributed by atoms with Crippen molar-refractivity contribution in [2.45, 2.75) is 52.5 Å².